The number of nitrogens with one attached hydrogen (secondary N) is 1. The third-order valence-corrected chi connectivity index (χ3v) is 5.03. The molecule has 4 aromatic rings. The van der Waals surface area contributed by atoms with Crippen LogP contribution in [0.15, 0.2) is 60.0 Å². The summed E-state index contributed by atoms with van der Waals surface area (Å²) in [6.45, 7) is 1.28. The Morgan fingerprint density at radius 1 is 1.14 bits per heavy atom. The second-order valence-corrected chi connectivity index (χ2v) is 7.25. The highest BCUT2D eigenvalue weighted by molar-refractivity contribution is 7.13. The molecule has 0 bridgehead atoms. The van der Waals surface area contributed by atoms with E-state index in [9.17, 15) is 9.59 Å². The van der Waals surface area contributed by atoms with Crippen LogP contribution in [0.3, 0.4) is 0 Å². The number of carbonyl (C=O) groups excluding carboxylic acids is 2. The molecule has 0 aliphatic carbocycles. The number of carbonyl (C=O) groups is 2. The van der Waals surface area contributed by atoms with Crippen LogP contribution in [0.2, 0.25) is 0 Å². The van der Waals surface area contributed by atoms with Crippen molar-refractivity contribution < 1.29 is 14.3 Å². The normalized spacial score (nSPS) is 11.9. The zero-order chi connectivity index (χ0) is 20.2. The highest BCUT2D eigenvalue weighted by atomic mass is 32.1. The van der Waals surface area contributed by atoms with Gasteiger partial charge in [0, 0.05) is 5.69 Å². The van der Waals surface area contributed by atoms with Crippen LogP contribution in [0.4, 0.5) is 5.69 Å². The molecule has 0 radical (unpaired) electrons. The van der Waals surface area contributed by atoms with Crippen molar-refractivity contribution in [2.45, 2.75) is 19.6 Å². The van der Waals surface area contributed by atoms with Gasteiger partial charge in [0.2, 0.25) is 5.82 Å². The van der Waals surface area contributed by atoms with Gasteiger partial charge in [-0.1, -0.05) is 36.4 Å². The molecule has 29 heavy (non-hydrogen) atoms. The minimum Gasteiger partial charge on any atom is -0.451 e. The summed E-state index contributed by atoms with van der Waals surface area (Å²) in [6.07, 6.45) is -0.964. The average Bonchev–Trinajstić information content (AvgIpc) is 3.39. The number of anilines is 1. The summed E-state index contributed by atoms with van der Waals surface area (Å²) in [4.78, 5) is 26.5. The molecular weight excluding hydrogens is 390 g/mol. The summed E-state index contributed by atoms with van der Waals surface area (Å²) >= 11 is 1.48. The molecule has 1 N–H and O–H groups in total. The number of benzene rings is 2. The topological polar surface area (TPSA) is 99.0 Å². The molecule has 8 nitrogen and oxygen atoms in total. The molecule has 2 aromatic heterocycles. The highest BCUT2D eigenvalue weighted by Gasteiger charge is 2.19. The van der Waals surface area contributed by atoms with Crippen molar-refractivity contribution in [3.63, 3.8) is 0 Å². The van der Waals surface area contributed by atoms with Crippen molar-refractivity contribution in [1.82, 2.24) is 20.2 Å². The molecule has 0 saturated carbocycles. The van der Waals surface area contributed by atoms with E-state index in [0.717, 1.165) is 20.4 Å². The lowest BCUT2D eigenvalue weighted by molar-refractivity contribution is -0.154. The van der Waals surface area contributed by atoms with Gasteiger partial charge >= 0.3 is 5.97 Å². The Morgan fingerprint density at radius 2 is 1.97 bits per heavy atom. The number of amides is 1. The van der Waals surface area contributed by atoms with Gasteiger partial charge in [0.1, 0.15) is 0 Å². The molecule has 4 rings (SSSR count). The van der Waals surface area contributed by atoms with Crippen molar-refractivity contribution >= 4 is 39.7 Å². The molecule has 146 valence electrons. The van der Waals surface area contributed by atoms with E-state index in [1.807, 2.05) is 53.9 Å². The van der Waals surface area contributed by atoms with E-state index < -0.39 is 18.0 Å². The van der Waals surface area contributed by atoms with Gasteiger partial charge in [-0.2, -0.15) is 4.80 Å². The van der Waals surface area contributed by atoms with Crippen molar-refractivity contribution in [3.8, 4) is 10.7 Å². The Hall–Kier alpha value is -3.59. The molecule has 0 saturated heterocycles. The first kappa shape index (κ1) is 18.8. The molecule has 0 aliphatic rings. The van der Waals surface area contributed by atoms with Gasteiger partial charge in [0.05, 0.1) is 4.88 Å². The fraction of sp³-hybridized carbons (Fsp3) is 0.150. The number of hydrogen-bond acceptors (Lipinski definition) is 7. The van der Waals surface area contributed by atoms with E-state index in [4.69, 9.17) is 4.74 Å². The molecule has 1 atom stereocenters. The van der Waals surface area contributed by atoms with Crippen LogP contribution in [0, 0.1) is 0 Å². The van der Waals surface area contributed by atoms with E-state index >= 15 is 0 Å². The van der Waals surface area contributed by atoms with Crippen molar-refractivity contribution in [2.75, 3.05) is 5.32 Å². The maximum absolute atomic E-state index is 12.4. The fourth-order valence-electron chi connectivity index (χ4n) is 2.73. The van der Waals surface area contributed by atoms with Crippen LogP contribution < -0.4 is 5.32 Å². The standard InChI is InChI=1S/C20H17N5O3S/c1-13(20(27)21-16-9-8-14-5-2-3-6-15(14)11-16)28-18(26)12-25-23-19(22-24-25)17-7-4-10-29-17/h2-11,13H,12H2,1H3,(H,21,27)/t13-/m1/s1. The first-order valence-electron chi connectivity index (χ1n) is 8.89. The molecule has 0 spiro atoms. The lowest BCUT2D eigenvalue weighted by atomic mass is 10.1. The number of thiophene rings is 1. The van der Waals surface area contributed by atoms with E-state index in [0.29, 0.717) is 11.5 Å². The van der Waals surface area contributed by atoms with Crippen molar-refractivity contribution in [2.24, 2.45) is 0 Å². The fourth-order valence-corrected chi connectivity index (χ4v) is 3.38. The SMILES string of the molecule is C[C@@H](OC(=O)Cn1nnc(-c2cccs2)n1)C(=O)Nc1ccc2ccccc2c1. The number of esters is 1. The Kier molecular flexibility index (Phi) is 5.30. The van der Waals surface area contributed by atoms with Gasteiger partial charge in [-0.05, 0) is 46.5 Å². The van der Waals surface area contributed by atoms with Crippen LogP contribution in [0.25, 0.3) is 21.5 Å². The summed E-state index contributed by atoms with van der Waals surface area (Å²) in [5.74, 6) is -0.601. The second kappa shape index (κ2) is 8.19. The predicted octanol–water partition coefficient (Wildman–Crippen LogP) is 3.13. The van der Waals surface area contributed by atoms with Gasteiger partial charge < -0.3 is 10.1 Å². The molecule has 2 heterocycles. The van der Waals surface area contributed by atoms with E-state index in [-0.39, 0.29) is 6.54 Å². The maximum atomic E-state index is 12.4. The molecule has 0 aliphatic heterocycles. The number of rotatable bonds is 6. The monoisotopic (exact) mass is 407 g/mol. The van der Waals surface area contributed by atoms with Crippen LogP contribution in [0.1, 0.15) is 6.92 Å². The summed E-state index contributed by atoms with van der Waals surface area (Å²) in [7, 11) is 0. The first-order valence-corrected chi connectivity index (χ1v) is 9.77. The summed E-state index contributed by atoms with van der Waals surface area (Å²) in [5.41, 5.74) is 0.634. The third kappa shape index (κ3) is 4.46. The number of aromatic nitrogens is 4. The van der Waals surface area contributed by atoms with Crippen LogP contribution in [-0.2, 0) is 20.9 Å². The van der Waals surface area contributed by atoms with E-state index in [1.165, 1.54) is 18.3 Å². The average molecular weight is 407 g/mol. The lowest BCUT2D eigenvalue weighted by Gasteiger charge is -2.13. The van der Waals surface area contributed by atoms with Gasteiger partial charge in [-0.25, -0.2) is 4.79 Å². The Labute approximate surface area is 170 Å². The Bertz CT molecular complexity index is 1160. The molecule has 0 fully saturated rings. The van der Waals surface area contributed by atoms with Crippen LogP contribution >= 0.6 is 11.3 Å². The molecule has 1 amide bonds. The highest BCUT2D eigenvalue weighted by Crippen LogP contribution is 2.20. The Balaban J connectivity index is 1.33. The third-order valence-electron chi connectivity index (χ3n) is 4.16. The predicted molar refractivity (Wildman–Crippen MR) is 109 cm³/mol. The number of hydrogen-bond donors (Lipinski definition) is 1. The number of nitrogens with zero attached hydrogens (tertiary/aromatic N) is 4. The molecule has 9 heteroatoms. The largest absolute Gasteiger partial charge is 0.451 e. The number of fused-ring (bicyclic) bond motifs is 1. The zero-order valence-electron chi connectivity index (χ0n) is 15.5. The smallest absolute Gasteiger partial charge is 0.330 e. The maximum Gasteiger partial charge on any atom is 0.330 e. The molecule has 0 unspecified atom stereocenters. The van der Waals surface area contributed by atoms with Gasteiger partial charge in [-0.3, -0.25) is 4.79 Å². The van der Waals surface area contributed by atoms with Crippen LogP contribution in [-0.4, -0.2) is 38.2 Å². The Morgan fingerprint density at radius 3 is 2.76 bits per heavy atom. The van der Waals surface area contributed by atoms with Gasteiger partial charge in [-0.15, -0.1) is 21.5 Å². The zero-order valence-corrected chi connectivity index (χ0v) is 16.3. The molecular formula is C20H17N5O3S. The first-order chi connectivity index (χ1) is 14.1. The van der Waals surface area contributed by atoms with Gasteiger partial charge in [0.15, 0.2) is 12.6 Å². The number of ether oxygens (including phenoxy) is 1. The summed E-state index contributed by atoms with van der Waals surface area (Å²) in [6, 6.07) is 17.2. The minimum atomic E-state index is -0.964. The number of tetrazole rings is 1. The minimum absolute atomic E-state index is 0.230. The molecule has 2 aromatic carbocycles. The van der Waals surface area contributed by atoms with Gasteiger partial charge in [0.25, 0.3) is 5.91 Å². The van der Waals surface area contributed by atoms with E-state index in [2.05, 4.69) is 20.7 Å². The second-order valence-electron chi connectivity index (χ2n) is 6.30. The summed E-state index contributed by atoms with van der Waals surface area (Å²) < 4.78 is 5.20. The van der Waals surface area contributed by atoms with E-state index in [1.54, 1.807) is 6.07 Å². The quantitative estimate of drug-likeness (QED) is 0.493. The lowest BCUT2D eigenvalue weighted by Crippen LogP contribution is -2.31. The van der Waals surface area contributed by atoms with Crippen molar-refractivity contribution in [1.29, 1.82) is 0 Å². The van der Waals surface area contributed by atoms with Crippen molar-refractivity contribution in [3.05, 3.63) is 60.0 Å². The summed E-state index contributed by atoms with van der Waals surface area (Å²) in [5, 5.41) is 18.6. The van der Waals surface area contributed by atoms with Crippen LogP contribution in [0.5, 0.6) is 0 Å².